The van der Waals surface area contributed by atoms with Crippen LogP contribution in [0.4, 0.5) is 5.69 Å². The zero-order valence-corrected chi connectivity index (χ0v) is 14.4. The molecular weight excluding hydrogens is 268 g/mol. The predicted octanol–water partition coefficient (Wildman–Crippen LogP) is 4.70. The van der Waals surface area contributed by atoms with Crippen molar-refractivity contribution < 1.29 is 0 Å². The van der Waals surface area contributed by atoms with Crippen LogP contribution in [0.1, 0.15) is 58.1 Å². The van der Waals surface area contributed by atoms with Crippen LogP contribution in [0.2, 0.25) is 0 Å². The van der Waals surface area contributed by atoms with Crippen molar-refractivity contribution in [3.05, 3.63) is 47.1 Å². The lowest BCUT2D eigenvalue weighted by atomic mass is 9.68. The number of hydrogen-bond donors (Lipinski definition) is 2. The quantitative estimate of drug-likeness (QED) is 0.774. The maximum atomic E-state index is 6.58. The summed E-state index contributed by atoms with van der Waals surface area (Å²) in [5.41, 5.74) is 18.7. The molecule has 120 valence electrons. The number of nitrogen functional groups attached to an aromatic ring is 1. The largest absolute Gasteiger partial charge is 0.399 e. The second-order valence-corrected chi connectivity index (χ2v) is 6.36. The fourth-order valence-electron chi connectivity index (χ4n) is 3.57. The minimum atomic E-state index is 0.0726. The maximum absolute atomic E-state index is 6.58. The lowest BCUT2D eigenvalue weighted by molar-refractivity contribution is 0.299. The van der Waals surface area contributed by atoms with E-state index >= 15 is 0 Å². The Kier molecular flexibility index (Phi) is 5.12. The van der Waals surface area contributed by atoms with E-state index < -0.39 is 0 Å². The minimum Gasteiger partial charge on any atom is -0.399 e. The van der Waals surface area contributed by atoms with Gasteiger partial charge in [-0.3, -0.25) is 0 Å². The van der Waals surface area contributed by atoms with E-state index in [0.717, 1.165) is 31.4 Å². The highest BCUT2D eigenvalue weighted by molar-refractivity contribution is 5.78. The van der Waals surface area contributed by atoms with Crippen molar-refractivity contribution in [3.63, 3.8) is 0 Å². The molecule has 1 unspecified atom stereocenters. The molecule has 1 aliphatic rings. The van der Waals surface area contributed by atoms with Crippen LogP contribution in [0.3, 0.4) is 0 Å². The van der Waals surface area contributed by atoms with Crippen LogP contribution in [0.25, 0.3) is 5.57 Å². The van der Waals surface area contributed by atoms with Gasteiger partial charge in [-0.25, -0.2) is 0 Å². The number of nitrogens with two attached hydrogens (primary N) is 2. The van der Waals surface area contributed by atoms with Crippen LogP contribution in [0.15, 0.2) is 35.9 Å². The molecule has 0 bridgehead atoms. The molecule has 0 aliphatic heterocycles. The topological polar surface area (TPSA) is 52.0 Å². The molecule has 0 amide bonds. The molecule has 1 atom stereocenters. The van der Waals surface area contributed by atoms with Gasteiger partial charge in [0.05, 0.1) is 0 Å². The SMILES string of the molecule is CCC1=CC(c2ccc(N)c(CC)c2)=CC(CC)(CC)C1N. The molecule has 0 fully saturated rings. The smallest absolute Gasteiger partial charge is 0.0349 e. The van der Waals surface area contributed by atoms with E-state index in [0.29, 0.717) is 0 Å². The van der Waals surface area contributed by atoms with E-state index in [1.807, 2.05) is 6.07 Å². The van der Waals surface area contributed by atoms with Gasteiger partial charge in [0, 0.05) is 17.1 Å². The number of benzene rings is 1. The van der Waals surface area contributed by atoms with Gasteiger partial charge < -0.3 is 11.5 Å². The minimum absolute atomic E-state index is 0.0726. The normalized spacial score (nSPS) is 20.5. The highest BCUT2D eigenvalue weighted by Gasteiger charge is 2.36. The standard InChI is InChI=1S/C20H30N2/c1-5-14-11-16(9-10-18(14)21)17-12-15(6-2)19(22)20(7-3,8-4)13-17/h9-13,19H,5-8,21-22H2,1-4H3. The van der Waals surface area contributed by atoms with Gasteiger partial charge in [-0.15, -0.1) is 0 Å². The third kappa shape index (κ3) is 2.85. The highest BCUT2D eigenvalue weighted by atomic mass is 14.7. The number of aryl methyl sites for hydroxylation is 1. The Balaban J connectivity index is 2.55. The van der Waals surface area contributed by atoms with E-state index in [9.17, 15) is 0 Å². The van der Waals surface area contributed by atoms with Gasteiger partial charge in [0.2, 0.25) is 0 Å². The lowest BCUT2D eigenvalue weighted by Gasteiger charge is -2.40. The van der Waals surface area contributed by atoms with E-state index in [1.165, 1.54) is 22.3 Å². The summed E-state index contributed by atoms with van der Waals surface area (Å²) in [6.07, 6.45) is 8.81. The summed E-state index contributed by atoms with van der Waals surface area (Å²) in [5, 5.41) is 0. The Morgan fingerprint density at radius 1 is 1.05 bits per heavy atom. The zero-order valence-electron chi connectivity index (χ0n) is 14.4. The third-order valence-electron chi connectivity index (χ3n) is 5.38. The second kappa shape index (κ2) is 6.70. The van der Waals surface area contributed by atoms with E-state index in [-0.39, 0.29) is 11.5 Å². The highest BCUT2D eigenvalue weighted by Crippen LogP contribution is 2.42. The first-order valence-electron chi connectivity index (χ1n) is 8.58. The van der Waals surface area contributed by atoms with E-state index in [2.05, 4.69) is 52.0 Å². The lowest BCUT2D eigenvalue weighted by Crippen LogP contribution is -2.42. The summed E-state index contributed by atoms with van der Waals surface area (Å²) in [6, 6.07) is 6.54. The van der Waals surface area contributed by atoms with Gasteiger partial charge in [0.25, 0.3) is 0 Å². The predicted molar refractivity (Wildman–Crippen MR) is 97.6 cm³/mol. The van der Waals surface area contributed by atoms with Crippen molar-refractivity contribution >= 4 is 11.3 Å². The summed E-state index contributed by atoms with van der Waals surface area (Å²) < 4.78 is 0. The van der Waals surface area contributed by atoms with Crippen molar-refractivity contribution in [2.24, 2.45) is 11.1 Å². The fourth-order valence-corrected chi connectivity index (χ4v) is 3.57. The van der Waals surface area contributed by atoms with Gasteiger partial charge in [-0.05, 0) is 54.5 Å². The molecule has 1 aromatic carbocycles. The van der Waals surface area contributed by atoms with Gasteiger partial charge >= 0.3 is 0 Å². The first-order chi connectivity index (χ1) is 10.5. The van der Waals surface area contributed by atoms with E-state index in [1.54, 1.807) is 0 Å². The van der Waals surface area contributed by atoms with Gasteiger partial charge in [0.1, 0.15) is 0 Å². The summed E-state index contributed by atoms with van der Waals surface area (Å²) in [4.78, 5) is 0. The Labute approximate surface area is 135 Å². The van der Waals surface area contributed by atoms with Crippen LogP contribution < -0.4 is 11.5 Å². The van der Waals surface area contributed by atoms with Gasteiger partial charge in [-0.2, -0.15) is 0 Å². The van der Waals surface area contributed by atoms with Crippen molar-refractivity contribution in [1.82, 2.24) is 0 Å². The Bertz CT molecular complexity index is 592. The van der Waals surface area contributed by atoms with Crippen LogP contribution in [0.5, 0.6) is 0 Å². The molecule has 0 aromatic heterocycles. The third-order valence-corrected chi connectivity index (χ3v) is 5.38. The molecule has 2 rings (SSSR count). The van der Waals surface area contributed by atoms with Gasteiger partial charge in [-0.1, -0.05) is 51.5 Å². The molecule has 0 radical (unpaired) electrons. The van der Waals surface area contributed by atoms with Crippen LogP contribution in [0, 0.1) is 5.41 Å². The Morgan fingerprint density at radius 3 is 2.27 bits per heavy atom. The molecule has 2 nitrogen and oxygen atoms in total. The summed E-state index contributed by atoms with van der Waals surface area (Å²) >= 11 is 0. The average molecular weight is 298 g/mol. The number of allylic oxidation sites excluding steroid dienone is 2. The Hall–Kier alpha value is -1.54. The molecule has 0 spiro atoms. The summed E-state index contributed by atoms with van der Waals surface area (Å²) in [5.74, 6) is 0. The van der Waals surface area contributed by atoms with E-state index in [4.69, 9.17) is 11.5 Å². The molecule has 1 aromatic rings. The maximum Gasteiger partial charge on any atom is 0.0349 e. The molecule has 22 heavy (non-hydrogen) atoms. The molecule has 2 heteroatoms. The van der Waals surface area contributed by atoms with Crippen LogP contribution in [-0.4, -0.2) is 6.04 Å². The fraction of sp³-hybridized carbons (Fsp3) is 0.500. The summed E-state index contributed by atoms with van der Waals surface area (Å²) in [6.45, 7) is 8.84. The van der Waals surface area contributed by atoms with Crippen molar-refractivity contribution in [3.8, 4) is 0 Å². The van der Waals surface area contributed by atoms with Gasteiger partial charge in [0.15, 0.2) is 0 Å². The molecule has 1 aliphatic carbocycles. The zero-order chi connectivity index (χ0) is 16.3. The molecular formula is C20H30N2. The molecule has 4 N–H and O–H groups in total. The van der Waals surface area contributed by atoms with Crippen molar-refractivity contribution in [2.45, 2.75) is 59.4 Å². The number of rotatable bonds is 5. The van der Waals surface area contributed by atoms with Crippen LogP contribution >= 0.6 is 0 Å². The van der Waals surface area contributed by atoms with Crippen molar-refractivity contribution in [2.75, 3.05) is 5.73 Å². The van der Waals surface area contributed by atoms with Crippen molar-refractivity contribution in [1.29, 1.82) is 0 Å². The average Bonchev–Trinajstić information content (AvgIpc) is 2.56. The first-order valence-corrected chi connectivity index (χ1v) is 8.58. The number of anilines is 1. The first kappa shape index (κ1) is 16.8. The summed E-state index contributed by atoms with van der Waals surface area (Å²) in [7, 11) is 0. The number of hydrogen-bond acceptors (Lipinski definition) is 2. The molecule has 0 saturated carbocycles. The van der Waals surface area contributed by atoms with Crippen LogP contribution in [-0.2, 0) is 6.42 Å². The molecule has 0 heterocycles. The second-order valence-electron chi connectivity index (χ2n) is 6.36. The monoisotopic (exact) mass is 298 g/mol. The Morgan fingerprint density at radius 2 is 1.73 bits per heavy atom. The molecule has 0 saturated heterocycles.